The van der Waals surface area contributed by atoms with Gasteiger partial charge in [-0.3, -0.25) is 4.98 Å². The second-order valence-corrected chi connectivity index (χ2v) is 5.78. The van der Waals surface area contributed by atoms with Crippen LogP contribution in [-0.2, 0) is 7.05 Å². The molecule has 0 N–H and O–H groups in total. The van der Waals surface area contributed by atoms with Crippen LogP contribution in [0.1, 0.15) is 5.82 Å². The Kier molecular flexibility index (Phi) is 1.87. The molecule has 15 heavy (non-hydrogen) atoms. The van der Waals surface area contributed by atoms with Gasteiger partial charge in [-0.2, -0.15) is 0 Å². The molecule has 0 saturated carbocycles. The SMILES string of the molecule is [CH2]c1nc2cnc3cc(Br)sc3c2n1C. The lowest BCUT2D eigenvalue weighted by atomic mass is 10.3. The minimum atomic E-state index is 0.767. The molecule has 0 amide bonds. The zero-order chi connectivity index (χ0) is 10.6. The average molecular weight is 281 g/mol. The maximum atomic E-state index is 4.36. The van der Waals surface area contributed by atoms with Crippen molar-refractivity contribution in [2.75, 3.05) is 0 Å². The van der Waals surface area contributed by atoms with Crippen molar-refractivity contribution in [2.24, 2.45) is 7.05 Å². The summed E-state index contributed by atoms with van der Waals surface area (Å²) >= 11 is 5.15. The Balaban J connectivity index is 2.62. The standard InChI is InChI=1S/C10H7BrN3S/c1-5-13-7-4-12-6-3-8(11)15-10(6)9(7)14(5)2/h3-4H,1H2,2H3. The van der Waals surface area contributed by atoms with Gasteiger partial charge in [0.1, 0.15) is 11.3 Å². The molecule has 3 heterocycles. The first-order valence-electron chi connectivity index (χ1n) is 4.39. The number of halogens is 1. The van der Waals surface area contributed by atoms with Crippen molar-refractivity contribution in [2.45, 2.75) is 0 Å². The van der Waals surface area contributed by atoms with Gasteiger partial charge in [-0.15, -0.1) is 11.3 Å². The highest BCUT2D eigenvalue weighted by Crippen LogP contribution is 2.33. The highest BCUT2D eigenvalue weighted by atomic mass is 79.9. The molecular formula is C10H7BrN3S. The molecule has 3 rings (SSSR count). The number of fused-ring (bicyclic) bond motifs is 3. The van der Waals surface area contributed by atoms with Crippen LogP contribution in [0.3, 0.4) is 0 Å². The Morgan fingerprint density at radius 3 is 3.07 bits per heavy atom. The Labute approximate surface area is 98.9 Å². The first-order valence-corrected chi connectivity index (χ1v) is 6.00. The summed E-state index contributed by atoms with van der Waals surface area (Å²) < 4.78 is 4.25. The van der Waals surface area contributed by atoms with E-state index in [4.69, 9.17) is 0 Å². The van der Waals surface area contributed by atoms with Gasteiger partial charge >= 0.3 is 0 Å². The van der Waals surface area contributed by atoms with Gasteiger partial charge in [0.15, 0.2) is 0 Å². The van der Waals surface area contributed by atoms with E-state index in [1.165, 1.54) is 0 Å². The van der Waals surface area contributed by atoms with Crippen LogP contribution in [0.4, 0.5) is 0 Å². The summed E-state index contributed by atoms with van der Waals surface area (Å²) in [5, 5.41) is 0. The van der Waals surface area contributed by atoms with Crippen LogP contribution in [0.15, 0.2) is 16.0 Å². The monoisotopic (exact) mass is 280 g/mol. The molecular weight excluding hydrogens is 274 g/mol. The smallest absolute Gasteiger partial charge is 0.110 e. The molecule has 1 radical (unpaired) electrons. The van der Waals surface area contributed by atoms with Crippen molar-refractivity contribution in [3.05, 3.63) is 28.8 Å². The van der Waals surface area contributed by atoms with E-state index < -0.39 is 0 Å². The fraction of sp³-hybridized carbons (Fsp3) is 0.100. The van der Waals surface area contributed by atoms with E-state index in [-0.39, 0.29) is 0 Å². The van der Waals surface area contributed by atoms with Crippen molar-refractivity contribution in [1.82, 2.24) is 14.5 Å². The van der Waals surface area contributed by atoms with Gasteiger partial charge in [-0.25, -0.2) is 4.98 Å². The van der Waals surface area contributed by atoms with Gasteiger partial charge in [0.2, 0.25) is 0 Å². The Morgan fingerprint density at radius 2 is 2.27 bits per heavy atom. The number of thiophene rings is 1. The summed E-state index contributed by atoms with van der Waals surface area (Å²) in [6.07, 6.45) is 1.80. The minimum absolute atomic E-state index is 0.767. The molecule has 0 aliphatic rings. The van der Waals surface area contributed by atoms with Crippen LogP contribution in [0.2, 0.25) is 0 Å². The molecule has 0 fully saturated rings. The summed E-state index contributed by atoms with van der Waals surface area (Å²) in [7, 11) is 1.98. The molecule has 3 nitrogen and oxygen atoms in total. The number of hydrogen-bond acceptors (Lipinski definition) is 3. The third kappa shape index (κ3) is 1.23. The molecule has 3 aromatic heterocycles. The van der Waals surface area contributed by atoms with Crippen LogP contribution in [0, 0.1) is 6.92 Å². The highest BCUT2D eigenvalue weighted by molar-refractivity contribution is 9.11. The van der Waals surface area contributed by atoms with Crippen molar-refractivity contribution >= 4 is 48.5 Å². The lowest BCUT2D eigenvalue weighted by Gasteiger charge is -1.96. The Bertz CT molecular complexity index is 668. The van der Waals surface area contributed by atoms with E-state index in [0.29, 0.717) is 0 Å². The molecule has 0 spiro atoms. The summed E-state index contributed by atoms with van der Waals surface area (Å²) in [6, 6.07) is 2.02. The molecule has 5 heteroatoms. The minimum Gasteiger partial charge on any atom is -0.330 e. The molecule has 0 aliphatic carbocycles. The topological polar surface area (TPSA) is 30.7 Å². The predicted octanol–water partition coefficient (Wildman–Crippen LogP) is 3.13. The number of rotatable bonds is 0. The van der Waals surface area contributed by atoms with Gasteiger partial charge in [0.25, 0.3) is 0 Å². The number of aromatic nitrogens is 3. The first kappa shape index (κ1) is 9.30. The number of pyridine rings is 1. The third-order valence-corrected chi connectivity index (χ3v) is 4.07. The van der Waals surface area contributed by atoms with Crippen LogP contribution in [0.5, 0.6) is 0 Å². The Morgan fingerprint density at radius 1 is 1.47 bits per heavy atom. The number of imidazole rings is 1. The van der Waals surface area contributed by atoms with E-state index in [1.54, 1.807) is 17.5 Å². The van der Waals surface area contributed by atoms with Crippen LogP contribution in [0.25, 0.3) is 21.3 Å². The maximum Gasteiger partial charge on any atom is 0.110 e. The molecule has 0 atom stereocenters. The lowest BCUT2D eigenvalue weighted by Crippen LogP contribution is -1.90. The van der Waals surface area contributed by atoms with Crippen molar-refractivity contribution < 1.29 is 0 Å². The third-order valence-electron chi connectivity index (χ3n) is 2.44. The second-order valence-electron chi connectivity index (χ2n) is 3.34. The van der Waals surface area contributed by atoms with Crippen LogP contribution >= 0.6 is 27.3 Å². The predicted molar refractivity (Wildman–Crippen MR) is 66.1 cm³/mol. The van der Waals surface area contributed by atoms with Gasteiger partial charge < -0.3 is 4.57 Å². The van der Waals surface area contributed by atoms with E-state index >= 15 is 0 Å². The number of aryl methyl sites for hydroxylation is 1. The maximum absolute atomic E-state index is 4.36. The quantitative estimate of drug-likeness (QED) is 0.634. The normalized spacial score (nSPS) is 11.7. The van der Waals surface area contributed by atoms with E-state index in [2.05, 4.69) is 32.8 Å². The average Bonchev–Trinajstić information content (AvgIpc) is 2.68. The largest absolute Gasteiger partial charge is 0.330 e. The fourth-order valence-electron chi connectivity index (χ4n) is 1.68. The van der Waals surface area contributed by atoms with Crippen LogP contribution in [-0.4, -0.2) is 14.5 Å². The summed E-state index contributed by atoms with van der Waals surface area (Å²) in [5.74, 6) is 0.767. The summed E-state index contributed by atoms with van der Waals surface area (Å²) in [6.45, 7) is 3.89. The van der Waals surface area contributed by atoms with Gasteiger partial charge in [-0.1, -0.05) is 0 Å². The number of hydrogen-bond donors (Lipinski definition) is 0. The van der Waals surface area contributed by atoms with Crippen LogP contribution < -0.4 is 0 Å². The Hall–Kier alpha value is -0.940. The summed E-state index contributed by atoms with van der Waals surface area (Å²) in [5.41, 5.74) is 3.02. The molecule has 0 aliphatic heterocycles. The molecule has 0 aromatic carbocycles. The van der Waals surface area contributed by atoms with Crippen molar-refractivity contribution in [3.63, 3.8) is 0 Å². The van der Waals surface area contributed by atoms with Gasteiger partial charge in [0, 0.05) is 14.0 Å². The van der Waals surface area contributed by atoms with E-state index in [9.17, 15) is 0 Å². The molecule has 0 unspecified atom stereocenters. The lowest BCUT2D eigenvalue weighted by molar-refractivity contribution is 0.919. The highest BCUT2D eigenvalue weighted by Gasteiger charge is 2.11. The van der Waals surface area contributed by atoms with Crippen molar-refractivity contribution in [3.8, 4) is 0 Å². The summed E-state index contributed by atoms with van der Waals surface area (Å²) in [4.78, 5) is 8.71. The zero-order valence-electron chi connectivity index (χ0n) is 7.99. The van der Waals surface area contributed by atoms with Gasteiger partial charge in [-0.05, 0) is 22.0 Å². The van der Waals surface area contributed by atoms with Gasteiger partial charge in [0.05, 0.1) is 25.7 Å². The zero-order valence-corrected chi connectivity index (χ0v) is 10.4. The van der Waals surface area contributed by atoms with E-state index in [1.807, 2.05) is 17.7 Å². The molecule has 0 saturated heterocycles. The van der Waals surface area contributed by atoms with Crippen molar-refractivity contribution in [1.29, 1.82) is 0 Å². The molecule has 3 aromatic rings. The number of nitrogens with zero attached hydrogens (tertiary/aromatic N) is 3. The van der Waals surface area contributed by atoms with E-state index in [0.717, 1.165) is 30.9 Å². The molecule has 75 valence electrons. The first-order chi connectivity index (χ1) is 7.16. The fourth-order valence-corrected chi connectivity index (χ4v) is 3.30. The second kappa shape index (κ2) is 3.02. The molecule has 0 bridgehead atoms.